The second kappa shape index (κ2) is 18.3. The third-order valence-corrected chi connectivity index (χ3v) is 6.35. The lowest BCUT2D eigenvalue weighted by Gasteiger charge is -2.38. The van der Waals surface area contributed by atoms with Gasteiger partial charge < -0.3 is 5.73 Å². The molecule has 1 heteroatoms. The van der Waals surface area contributed by atoms with Gasteiger partial charge in [0, 0.05) is 5.54 Å². The molecule has 158 valence electrons. The molecule has 0 saturated carbocycles. The van der Waals surface area contributed by atoms with Gasteiger partial charge in [-0.1, -0.05) is 124 Å². The summed E-state index contributed by atoms with van der Waals surface area (Å²) in [6.45, 7) is 9.24. The lowest BCUT2D eigenvalue weighted by Crippen LogP contribution is -2.47. The molecule has 0 rings (SSSR count). The van der Waals surface area contributed by atoms with E-state index in [-0.39, 0.29) is 5.54 Å². The van der Waals surface area contributed by atoms with Crippen molar-refractivity contribution in [1.82, 2.24) is 0 Å². The Morgan fingerprint density at radius 2 is 0.923 bits per heavy atom. The fraction of sp³-hybridized carbons (Fsp3) is 1.00. The predicted octanol–water partition coefficient (Wildman–Crippen LogP) is 8.79. The highest BCUT2D eigenvalue weighted by atomic mass is 14.8. The molecular weight excluding hydrogens is 314 g/mol. The summed E-state index contributed by atoms with van der Waals surface area (Å²) in [5.41, 5.74) is 7.13. The van der Waals surface area contributed by atoms with Crippen LogP contribution < -0.4 is 5.73 Å². The predicted molar refractivity (Wildman–Crippen MR) is 121 cm³/mol. The molecule has 0 amide bonds. The van der Waals surface area contributed by atoms with E-state index in [4.69, 9.17) is 5.73 Å². The van der Waals surface area contributed by atoms with Crippen molar-refractivity contribution in [3.05, 3.63) is 0 Å². The molecule has 0 heterocycles. The molecule has 0 spiro atoms. The van der Waals surface area contributed by atoms with Crippen LogP contribution in [0.2, 0.25) is 0 Å². The minimum absolute atomic E-state index is 0.112. The molecule has 1 nitrogen and oxygen atoms in total. The normalized spacial score (nSPS) is 13.3. The molecule has 0 fully saturated rings. The second-order valence-corrected chi connectivity index (χ2v) is 8.90. The van der Waals surface area contributed by atoms with Crippen molar-refractivity contribution in [2.24, 2.45) is 11.7 Å². The highest BCUT2D eigenvalue weighted by molar-refractivity contribution is 4.91. The van der Waals surface area contributed by atoms with Gasteiger partial charge in [0.05, 0.1) is 0 Å². The van der Waals surface area contributed by atoms with Crippen LogP contribution in [0.25, 0.3) is 0 Å². The summed E-state index contributed by atoms with van der Waals surface area (Å²) in [6, 6.07) is 0. The van der Waals surface area contributed by atoms with Crippen LogP contribution in [-0.4, -0.2) is 5.54 Å². The van der Waals surface area contributed by atoms with Gasteiger partial charge in [-0.25, -0.2) is 0 Å². The van der Waals surface area contributed by atoms with E-state index in [1.807, 2.05) is 0 Å². The summed E-state index contributed by atoms with van der Waals surface area (Å²) >= 11 is 0. The van der Waals surface area contributed by atoms with E-state index in [0.717, 1.165) is 5.92 Å². The van der Waals surface area contributed by atoms with Gasteiger partial charge in [0.25, 0.3) is 0 Å². The van der Waals surface area contributed by atoms with Crippen molar-refractivity contribution < 1.29 is 0 Å². The van der Waals surface area contributed by atoms with Crippen LogP contribution in [0.15, 0.2) is 0 Å². The lowest BCUT2D eigenvalue weighted by molar-refractivity contribution is 0.195. The summed E-state index contributed by atoms with van der Waals surface area (Å²) in [7, 11) is 0. The van der Waals surface area contributed by atoms with Crippen LogP contribution >= 0.6 is 0 Å². The number of unbranched alkanes of at least 4 members (excludes halogenated alkanes) is 11. The Bertz CT molecular complexity index is 265. The third-order valence-electron chi connectivity index (χ3n) is 6.35. The van der Waals surface area contributed by atoms with E-state index < -0.39 is 0 Å². The Kier molecular flexibility index (Phi) is 18.3. The first-order valence-corrected chi connectivity index (χ1v) is 12.4. The van der Waals surface area contributed by atoms with Crippen LogP contribution in [0, 0.1) is 5.92 Å². The van der Waals surface area contributed by atoms with Gasteiger partial charge in [0.15, 0.2) is 0 Å². The number of rotatable bonds is 20. The molecule has 0 aliphatic carbocycles. The van der Waals surface area contributed by atoms with Crippen molar-refractivity contribution in [1.29, 1.82) is 0 Å². The van der Waals surface area contributed by atoms with Gasteiger partial charge in [-0.15, -0.1) is 0 Å². The Balaban J connectivity index is 4.10. The van der Waals surface area contributed by atoms with Crippen LogP contribution in [-0.2, 0) is 0 Å². The average Bonchev–Trinajstić information content (AvgIpc) is 2.65. The van der Waals surface area contributed by atoms with Crippen molar-refractivity contribution in [3.63, 3.8) is 0 Å². The minimum atomic E-state index is 0.112. The zero-order valence-corrected chi connectivity index (χ0v) is 19.1. The lowest BCUT2D eigenvalue weighted by atomic mass is 9.72. The first-order chi connectivity index (χ1) is 12.6. The molecule has 0 bridgehead atoms. The summed E-state index contributed by atoms with van der Waals surface area (Å²) in [4.78, 5) is 0. The summed E-state index contributed by atoms with van der Waals surface area (Å²) < 4.78 is 0. The first kappa shape index (κ1) is 26.0. The molecule has 1 unspecified atom stereocenters. The Morgan fingerprint density at radius 1 is 0.500 bits per heavy atom. The molecular formula is C25H53N. The molecule has 0 aromatic rings. The minimum Gasteiger partial charge on any atom is -0.325 e. The molecule has 0 aliphatic rings. The Labute approximate surface area is 167 Å². The highest BCUT2D eigenvalue weighted by Crippen LogP contribution is 2.34. The molecule has 0 aliphatic heterocycles. The van der Waals surface area contributed by atoms with Gasteiger partial charge in [-0.05, 0) is 31.6 Å². The van der Waals surface area contributed by atoms with E-state index in [2.05, 4.69) is 27.7 Å². The van der Waals surface area contributed by atoms with Gasteiger partial charge >= 0.3 is 0 Å². The first-order valence-electron chi connectivity index (χ1n) is 12.4. The molecule has 1 atom stereocenters. The fourth-order valence-corrected chi connectivity index (χ4v) is 4.49. The van der Waals surface area contributed by atoms with Crippen molar-refractivity contribution in [3.8, 4) is 0 Å². The monoisotopic (exact) mass is 367 g/mol. The van der Waals surface area contributed by atoms with Crippen molar-refractivity contribution in [2.75, 3.05) is 0 Å². The zero-order chi connectivity index (χ0) is 19.5. The van der Waals surface area contributed by atoms with Crippen molar-refractivity contribution in [2.45, 2.75) is 155 Å². The maximum absolute atomic E-state index is 7.02. The Morgan fingerprint density at radius 3 is 1.35 bits per heavy atom. The van der Waals surface area contributed by atoms with Crippen LogP contribution in [0.1, 0.15) is 150 Å². The summed E-state index contributed by atoms with van der Waals surface area (Å²) in [5, 5.41) is 0. The van der Waals surface area contributed by atoms with E-state index in [9.17, 15) is 0 Å². The molecule has 26 heavy (non-hydrogen) atoms. The SMILES string of the molecule is CCCCCCCCCCCCC(CCC)C(N)(CCCC)CCCC. The second-order valence-electron chi connectivity index (χ2n) is 8.90. The summed E-state index contributed by atoms with van der Waals surface area (Å²) in [5.74, 6) is 0.750. The summed E-state index contributed by atoms with van der Waals surface area (Å²) in [6.07, 6.45) is 26.0. The average molecular weight is 368 g/mol. The quantitative estimate of drug-likeness (QED) is 0.214. The van der Waals surface area contributed by atoms with Gasteiger partial charge in [-0.3, -0.25) is 0 Å². The van der Waals surface area contributed by atoms with Crippen molar-refractivity contribution >= 4 is 0 Å². The van der Waals surface area contributed by atoms with E-state index in [1.165, 1.54) is 122 Å². The highest BCUT2D eigenvalue weighted by Gasteiger charge is 2.32. The van der Waals surface area contributed by atoms with Gasteiger partial charge in [-0.2, -0.15) is 0 Å². The zero-order valence-electron chi connectivity index (χ0n) is 19.1. The van der Waals surface area contributed by atoms with Crippen LogP contribution in [0.3, 0.4) is 0 Å². The Hall–Kier alpha value is -0.0400. The molecule has 0 aromatic carbocycles. The van der Waals surface area contributed by atoms with E-state index >= 15 is 0 Å². The number of nitrogens with two attached hydrogens (primary N) is 1. The maximum atomic E-state index is 7.02. The van der Waals surface area contributed by atoms with Gasteiger partial charge in [0.2, 0.25) is 0 Å². The molecule has 0 radical (unpaired) electrons. The van der Waals surface area contributed by atoms with Gasteiger partial charge in [0.1, 0.15) is 0 Å². The van der Waals surface area contributed by atoms with Crippen LogP contribution in [0.4, 0.5) is 0 Å². The fourth-order valence-electron chi connectivity index (χ4n) is 4.49. The largest absolute Gasteiger partial charge is 0.325 e. The number of hydrogen-bond donors (Lipinski definition) is 1. The molecule has 0 saturated heterocycles. The third kappa shape index (κ3) is 13.2. The standard InChI is InChI=1S/C25H53N/c1-5-9-12-13-14-15-16-17-18-19-21-24(20-8-4)25(26,22-10-6-2)23-11-7-3/h24H,5-23,26H2,1-4H3. The number of hydrogen-bond acceptors (Lipinski definition) is 1. The van der Waals surface area contributed by atoms with E-state index in [1.54, 1.807) is 0 Å². The van der Waals surface area contributed by atoms with Crippen LogP contribution in [0.5, 0.6) is 0 Å². The maximum Gasteiger partial charge on any atom is 0.0182 e. The molecule has 2 N–H and O–H groups in total. The molecule has 0 aromatic heterocycles. The smallest absolute Gasteiger partial charge is 0.0182 e. The topological polar surface area (TPSA) is 26.0 Å². The van der Waals surface area contributed by atoms with E-state index in [0.29, 0.717) is 0 Å².